The van der Waals surface area contributed by atoms with Crippen LogP contribution in [0.5, 0.6) is 0 Å². The predicted octanol–water partition coefficient (Wildman–Crippen LogP) is 6.16. The predicted molar refractivity (Wildman–Crippen MR) is 106 cm³/mol. The van der Waals surface area contributed by atoms with Crippen LogP contribution in [0.1, 0.15) is 5.56 Å². The smallest absolute Gasteiger partial charge is 0.268 e. The number of anilines is 1. The molecule has 1 aliphatic rings. The Labute approximate surface area is 161 Å². The van der Waals surface area contributed by atoms with E-state index in [1.54, 1.807) is 18.2 Å². The van der Waals surface area contributed by atoms with Crippen molar-refractivity contribution in [3.05, 3.63) is 67.5 Å². The van der Waals surface area contributed by atoms with Crippen LogP contribution in [0.15, 0.2) is 51.8 Å². The molecule has 0 atom stereocenters. The summed E-state index contributed by atoms with van der Waals surface area (Å²) in [5.41, 5.74) is 1.55. The summed E-state index contributed by atoms with van der Waals surface area (Å²) < 4.78 is 1.45. The van der Waals surface area contributed by atoms with Crippen molar-refractivity contribution in [3.63, 3.8) is 0 Å². The molecule has 2 aromatic carbocycles. The number of carbonyl (C=O) groups is 1. The largest absolute Gasteiger partial charge is 0.270 e. The minimum atomic E-state index is -0.165. The average molecular weight is 445 g/mol. The van der Waals surface area contributed by atoms with Crippen LogP contribution in [-0.4, -0.2) is 10.2 Å². The SMILES string of the molecule is O=C1/C(=C/c2ccc(Br)cc2)SC(=S)N1c1ccc(Cl)c(Cl)c1. The van der Waals surface area contributed by atoms with Gasteiger partial charge in [-0.25, -0.2) is 0 Å². The van der Waals surface area contributed by atoms with Crippen LogP contribution in [0.2, 0.25) is 10.0 Å². The lowest BCUT2D eigenvalue weighted by Crippen LogP contribution is -2.27. The van der Waals surface area contributed by atoms with Crippen LogP contribution >= 0.6 is 63.1 Å². The second-order valence-corrected chi connectivity index (χ2v) is 8.07. The second-order valence-electron chi connectivity index (χ2n) is 4.67. The highest BCUT2D eigenvalue weighted by molar-refractivity contribution is 9.10. The van der Waals surface area contributed by atoms with Crippen molar-refractivity contribution in [1.82, 2.24) is 0 Å². The average Bonchev–Trinajstić information content (AvgIpc) is 2.79. The van der Waals surface area contributed by atoms with E-state index in [-0.39, 0.29) is 5.91 Å². The first kappa shape index (κ1) is 17.0. The molecule has 2 aromatic rings. The Morgan fingerprint density at radius 3 is 2.43 bits per heavy atom. The zero-order valence-electron chi connectivity index (χ0n) is 11.4. The van der Waals surface area contributed by atoms with Gasteiger partial charge in [-0.1, -0.05) is 75.2 Å². The molecule has 2 nitrogen and oxygen atoms in total. The molecule has 0 unspecified atom stereocenters. The lowest BCUT2D eigenvalue weighted by molar-refractivity contribution is -0.113. The van der Waals surface area contributed by atoms with Crippen molar-refractivity contribution in [2.75, 3.05) is 4.90 Å². The maximum atomic E-state index is 12.6. The highest BCUT2D eigenvalue weighted by Crippen LogP contribution is 2.37. The van der Waals surface area contributed by atoms with Crippen molar-refractivity contribution >= 4 is 85.1 Å². The first-order valence-corrected chi connectivity index (χ1v) is 9.21. The van der Waals surface area contributed by atoms with Gasteiger partial charge in [-0.3, -0.25) is 9.69 Å². The maximum absolute atomic E-state index is 12.6. The van der Waals surface area contributed by atoms with E-state index in [2.05, 4.69) is 15.9 Å². The molecule has 116 valence electrons. The zero-order chi connectivity index (χ0) is 16.6. The molecule has 0 aliphatic carbocycles. The van der Waals surface area contributed by atoms with Crippen LogP contribution in [-0.2, 0) is 4.79 Å². The van der Waals surface area contributed by atoms with E-state index in [0.29, 0.717) is 25.0 Å². The van der Waals surface area contributed by atoms with E-state index in [1.165, 1.54) is 16.7 Å². The molecule has 3 rings (SSSR count). The summed E-state index contributed by atoms with van der Waals surface area (Å²) in [6.07, 6.45) is 1.82. The number of hydrogen-bond donors (Lipinski definition) is 0. The minimum absolute atomic E-state index is 0.165. The van der Waals surface area contributed by atoms with Gasteiger partial charge in [0.2, 0.25) is 0 Å². The maximum Gasteiger partial charge on any atom is 0.270 e. The van der Waals surface area contributed by atoms with Crippen LogP contribution in [0.25, 0.3) is 6.08 Å². The third-order valence-corrected chi connectivity index (χ3v) is 5.69. The fourth-order valence-electron chi connectivity index (χ4n) is 2.02. The fraction of sp³-hybridized carbons (Fsp3) is 0. The van der Waals surface area contributed by atoms with Gasteiger partial charge in [0.15, 0.2) is 4.32 Å². The zero-order valence-corrected chi connectivity index (χ0v) is 16.2. The summed E-state index contributed by atoms with van der Waals surface area (Å²) in [4.78, 5) is 14.7. The lowest BCUT2D eigenvalue weighted by atomic mass is 10.2. The van der Waals surface area contributed by atoms with Gasteiger partial charge in [0, 0.05) is 4.47 Å². The second kappa shape index (κ2) is 6.95. The summed E-state index contributed by atoms with van der Waals surface area (Å²) in [5.74, 6) is -0.165. The van der Waals surface area contributed by atoms with Gasteiger partial charge in [0.25, 0.3) is 5.91 Å². The molecule has 0 spiro atoms. The number of thiocarbonyl (C=S) groups is 1. The quantitative estimate of drug-likeness (QED) is 0.408. The standard InChI is InChI=1S/C16H8BrCl2NOS2/c17-10-3-1-9(2-4-10)7-14-15(21)20(16(22)23-14)11-5-6-12(18)13(19)8-11/h1-8H/b14-7-. The van der Waals surface area contributed by atoms with Crippen LogP contribution in [0.3, 0.4) is 0 Å². The molecule has 7 heteroatoms. The first-order valence-electron chi connectivity index (χ1n) is 6.44. The molecule has 23 heavy (non-hydrogen) atoms. The molecule has 0 saturated carbocycles. The fourth-order valence-corrected chi connectivity index (χ4v) is 3.88. The van der Waals surface area contributed by atoms with Gasteiger partial charge in [-0.2, -0.15) is 0 Å². The minimum Gasteiger partial charge on any atom is -0.268 e. The van der Waals surface area contributed by atoms with Crippen molar-refractivity contribution in [3.8, 4) is 0 Å². The van der Waals surface area contributed by atoms with Gasteiger partial charge in [0.05, 0.1) is 20.6 Å². The number of halogens is 3. The molecule has 1 heterocycles. The molecule has 1 fully saturated rings. The van der Waals surface area contributed by atoms with Crippen molar-refractivity contribution in [2.24, 2.45) is 0 Å². The van der Waals surface area contributed by atoms with E-state index in [1.807, 2.05) is 30.3 Å². The summed E-state index contributed by atoms with van der Waals surface area (Å²) in [6.45, 7) is 0. The number of hydrogen-bond acceptors (Lipinski definition) is 3. The highest BCUT2D eigenvalue weighted by Gasteiger charge is 2.33. The van der Waals surface area contributed by atoms with Crippen molar-refractivity contribution in [1.29, 1.82) is 0 Å². The van der Waals surface area contributed by atoms with Gasteiger partial charge in [0.1, 0.15) is 0 Å². The summed E-state index contributed by atoms with van der Waals surface area (Å²) in [7, 11) is 0. The molecule has 1 amide bonds. The number of thioether (sulfide) groups is 1. The van der Waals surface area contributed by atoms with Crippen molar-refractivity contribution < 1.29 is 4.79 Å². The van der Waals surface area contributed by atoms with Crippen molar-refractivity contribution in [2.45, 2.75) is 0 Å². The van der Waals surface area contributed by atoms with Gasteiger partial charge in [-0.15, -0.1) is 0 Å². The number of rotatable bonds is 2. The van der Waals surface area contributed by atoms with Gasteiger partial charge >= 0.3 is 0 Å². The Bertz CT molecular complexity index is 836. The third-order valence-electron chi connectivity index (χ3n) is 3.12. The summed E-state index contributed by atoms with van der Waals surface area (Å²) in [5, 5.41) is 0.821. The Kier molecular flexibility index (Phi) is 5.13. The normalized spacial score (nSPS) is 16.5. The number of amides is 1. The number of nitrogens with zero attached hydrogens (tertiary/aromatic N) is 1. The molecule has 0 N–H and O–H groups in total. The van der Waals surface area contributed by atoms with E-state index < -0.39 is 0 Å². The molecule has 0 aromatic heterocycles. The monoisotopic (exact) mass is 443 g/mol. The van der Waals surface area contributed by atoms with E-state index >= 15 is 0 Å². The molecular formula is C16H8BrCl2NOS2. The van der Waals surface area contributed by atoms with Gasteiger partial charge < -0.3 is 0 Å². The number of benzene rings is 2. The Morgan fingerprint density at radius 1 is 1.09 bits per heavy atom. The lowest BCUT2D eigenvalue weighted by Gasteiger charge is -2.15. The Hall–Kier alpha value is -0.850. The number of carbonyl (C=O) groups excluding carboxylic acids is 1. The molecular weight excluding hydrogens is 437 g/mol. The topological polar surface area (TPSA) is 20.3 Å². The van der Waals surface area contributed by atoms with E-state index in [0.717, 1.165) is 10.0 Å². The Morgan fingerprint density at radius 2 is 1.78 bits per heavy atom. The molecule has 0 bridgehead atoms. The molecule has 0 radical (unpaired) electrons. The van der Waals surface area contributed by atoms with Crippen LogP contribution in [0.4, 0.5) is 5.69 Å². The molecule has 1 saturated heterocycles. The third kappa shape index (κ3) is 3.64. The van der Waals surface area contributed by atoms with E-state index in [4.69, 9.17) is 35.4 Å². The summed E-state index contributed by atoms with van der Waals surface area (Å²) in [6, 6.07) is 12.7. The van der Waals surface area contributed by atoms with Gasteiger partial charge in [-0.05, 0) is 42.0 Å². The molecule has 1 aliphatic heterocycles. The highest BCUT2D eigenvalue weighted by atomic mass is 79.9. The Balaban J connectivity index is 1.93. The van der Waals surface area contributed by atoms with E-state index in [9.17, 15) is 4.79 Å². The van der Waals surface area contributed by atoms with Crippen LogP contribution in [0, 0.1) is 0 Å². The summed E-state index contributed by atoms with van der Waals surface area (Å²) >= 11 is 21.9. The first-order chi connectivity index (χ1) is 11.0. The van der Waals surface area contributed by atoms with Crippen LogP contribution < -0.4 is 4.90 Å².